The highest BCUT2D eigenvalue weighted by Crippen LogP contribution is 2.35. The second-order valence-electron chi connectivity index (χ2n) is 6.46. The predicted molar refractivity (Wildman–Crippen MR) is 78.6 cm³/mol. The van der Waals surface area contributed by atoms with Crippen LogP contribution >= 0.6 is 0 Å². The first-order valence-corrected chi connectivity index (χ1v) is 8.31. The van der Waals surface area contributed by atoms with Crippen molar-refractivity contribution < 1.29 is 15.0 Å². The van der Waals surface area contributed by atoms with Gasteiger partial charge in [-0.1, -0.05) is 32.6 Å². The average Bonchev–Trinajstić information content (AvgIpc) is 2.45. The van der Waals surface area contributed by atoms with E-state index in [0.29, 0.717) is 6.42 Å². The van der Waals surface area contributed by atoms with Crippen molar-refractivity contribution in [3.05, 3.63) is 0 Å². The molecule has 0 bridgehead atoms. The molecule has 0 aromatic carbocycles. The van der Waals surface area contributed by atoms with E-state index < -0.39 is 5.97 Å². The summed E-state index contributed by atoms with van der Waals surface area (Å²) in [4.78, 5) is 13.8. The fourth-order valence-electron chi connectivity index (χ4n) is 4.12. The summed E-state index contributed by atoms with van der Waals surface area (Å²) in [7, 11) is 0. The van der Waals surface area contributed by atoms with Gasteiger partial charge in [0, 0.05) is 12.0 Å². The fraction of sp³-hybridized carbons (Fsp3) is 0.938. The van der Waals surface area contributed by atoms with Gasteiger partial charge in [0.2, 0.25) is 0 Å². The largest absolute Gasteiger partial charge is 0.480 e. The van der Waals surface area contributed by atoms with Gasteiger partial charge in [0.15, 0.2) is 0 Å². The molecule has 2 rings (SSSR count). The average molecular weight is 283 g/mol. The van der Waals surface area contributed by atoms with Crippen LogP contribution in [-0.4, -0.2) is 45.8 Å². The van der Waals surface area contributed by atoms with Crippen LogP contribution in [0.2, 0.25) is 0 Å². The molecule has 1 aliphatic heterocycles. The van der Waals surface area contributed by atoms with E-state index in [1.807, 2.05) is 6.92 Å². The van der Waals surface area contributed by atoms with Gasteiger partial charge >= 0.3 is 5.97 Å². The van der Waals surface area contributed by atoms with E-state index >= 15 is 0 Å². The van der Waals surface area contributed by atoms with Crippen LogP contribution in [0, 0.1) is 5.92 Å². The molecule has 1 saturated heterocycles. The van der Waals surface area contributed by atoms with E-state index in [1.165, 1.54) is 12.8 Å². The Kier molecular flexibility index (Phi) is 5.85. The van der Waals surface area contributed by atoms with Gasteiger partial charge in [0.25, 0.3) is 0 Å². The maximum absolute atomic E-state index is 11.6. The van der Waals surface area contributed by atoms with Crippen LogP contribution in [0.4, 0.5) is 0 Å². The summed E-state index contributed by atoms with van der Waals surface area (Å²) in [5.74, 6) is -0.410. The highest BCUT2D eigenvalue weighted by atomic mass is 16.4. The van der Waals surface area contributed by atoms with Gasteiger partial charge in [-0.3, -0.25) is 9.69 Å². The van der Waals surface area contributed by atoms with Crippen molar-refractivity contribution in [2.75, 3.05) is 6.54 Å². The zero-order valence-electron chi connectivity index (χ0n) is 12.6. The third kappa shape index (κ3) is 3.53. The molecule has 1 heterocycles. The summed E-state index contributed by atoms with van der Waals surface area (Å²) in [5, 5.41) is 19.8. The summed E-state index contributed by atoms with van der Waals surface area (Å²) in [6, 6.07) is -0.0915. The van der Waals surface area contributed by atoms with Crippen LogP contribution in [-0.2, 0) is 4.79 Å². The monoisotopic (exact) mass is 283 g/mol. The fourth-order valence-corrected chi connectivity index (χ4v) is 4.12. The summed E-state index contributed by atoms with van der Waals surface area (Å²) in [6.07, 6.45) is 8.93. The second-order valence-corrected chi connectivity index (χ2v) is 6.46. The molecule has 4 nitrogen and oxygen atoms in total. The number of likely N-dealkylation sites (tertiary alicyclic amines) is 1. The second kappa shape index (κ2) is 7.41. The van der Waals surface area contributed by atoms with Gasteiger partial charge in [-0.15, -0.1) is 0 Å². The van der Waals surface area contributed by atoms with Crippen LogP contribution in [0.3, 0.4) is 0 Å². The topological polar surface area (TPSA) is 60.8 Å². The molecule has 20 heavy (non-hydrogen) atoms. The van der Waals surface area contributed by atoms with Crippen molar-refractivity contribution in [2.45, 2.75) is 82.9 Å². The van der Waals surface area contributed by atoms with Crippen LogP contribution < -0.4 is 0 Å². The molecule has 4 unspecified atom stereocenters. The molecule has 0 radical (unpaired) electrons. The Morgan fingerprint density at radius 2 is 1.90 bits per heavy atom. The van der Waals surface area contributed by atoms with Gasteiger partial charge < -0.3 is 10.2 Å². The number of aliphatic hydroxyl groups is 1. The zero-order chi connectivity index (χ0) is 14.5. The number of aliphatic hydroxyl groups excluding tert-OH is 1. The van der Waals surface area contributed by atoms with Gasteiger partial charge in [-0.25, -0.2) is 0 Å². The molecule has 0 amide bonds. The molecule has 1 saturated carbocycles. The minimum absolute atomic E-state index is 0.231. The van der Waals surface area contributed by atoms with Gasteiger partial charge in [-0.05, 0) is 38.6 Å². The number of carbonyl (C=O) groups is 1. The van der Waals surface area contributed by atoms with Crippen molar-refractivity contribution in [1.29, 1.82) is 0 Å². The maximum atomic E-state index is 11.6. The van der Waals surface area contributed by atoms with Gasteiger partial charge in [0.1, 0.15) is 6.04 Å². The molecule has 116 valence electrons. The van der Waals surface area contributed by atoms with Crippen molar-refractivity contribution in [3.8, 4) is 0 Å². The zero-order valence-corrected chi connectivity index (χ0v) is 12.6. The lowest BCUT2D eigenvalue weighted by Crippen LogP contribution is -2.55. The number of rotatable bonds is 5. The molecule has 2 aliphatic rings. The van der Waals surface area contributed by atoms with Crippen LogP contribution in [0.25, 0.3) is 0 Å². The van der Waals surface area contributed by atoms with Crippen molar-refractivity contribution in [1.82, 2.24) is 4.90 Å². The number of aliphatic carboxylic acids is 1. The number of carboxylic acids is 1. The quantitative estimate of drug-likeness (QED) is 0.814. The standard InChI is InChI=1S/C16H29NO3/c1-2-7-14(16(19)20)17-11-6-5-9-13(17)12-8-3-4-10-15(12)18/h12-15,18H,2-11H2,1H3,(H,19,20). The number of hydrogen-bond acceptors (Lipinski definition) is 3. The van der Waals surface area contributed by atoms with Crippen LogP contribution in [0.5, 0.6) is 0 Å². The first-order valence-electron chi connectivity index (χ1n) is 8.31. The number of carboxylic acid groups (broad SMARTS) is 1. The number of nitrogens with zero attached hydrogens (tertiary/aromatic N) is 1. The molecule has 2 N–H and O–H groups in total. The Morgan fingerprint density at radius 3 is 2.55 bits per heavy atom. The van der Waals surface area contributed by atoms with E-state index in [9.17, 15) is 15.0 Å². The molecule has 0 spiro atoms. The van der Waals surface area contributed by atoms with Gasteiger partial charge in [-0.2, -0.15) is 0 Å². The lowest BCUT2D eigenvalue weighted by molar-refractivity contribution is -0.147. The molecule has 0 aromatic heterocycles. The van der Waals surface area contributed by atoms with Gasteiger partial charge in [0.05, 0.1) is 6.10 Å². The molecular formula is C16H29NO3. The highest BCUT2D eigenvalue weighted by Gasteiger charge is 2.39. The SMILES string of the molecule is CCCC(C(=O)O)N1CCCCC1C1CCCCC1O. The Labute approximate surface area is 122 Å². The summed E-state index contributed by atoms with van der Waals surface area (Å²) < 4.78 is 0. The van der Waals surface area contributed by atoms with Crippen molar-refractivity contribution in [2.24, 2.45) is 5.92 Å². The highest BCUT2D eigenvalue weighted by molar-refractivity contribution is 5.73. The van der Waals surface area contributed by atoms with E-state index in [4.69, 9.17) is 0 Å². The third-order valence-electron chi connectivity index (χ3n) is 5.12. The third-order valence-corrected chi connectivity index (χ3v) is 5.12. The van der Waals surface area contributed by atoms with E-state index in [-0.39, 0.29) is 24.1 Å². The maximum Gasteiger partial charge on any atom is 0.320 e. The summed E-state index contributed by atoms with van der Waals surface area (Å²) in [5.41, 5.74) is 0. The Bertz CT molecular complexity index is 321. The Morgan fingerprint density at radius 1 is 1.20 bits per heavy atom. The van der Waals surface area contributed by atoms with Crippen molar-refractivity contribution in [3.63, 3.8) is 0 Å². The first-order chi connectivity index (χ1) is 9.65. The smallest absolute Gasteiger partial charge is 0.320 e. The molecule has 2 fully saturated rings. The Balaban J connectivity index is 2.12. The molecular weight excluding hydrogens is 254 g/mol. The first kappa shape index (κ1) is 15.8. The molecule has 0 aromatic rings. The Hall–Kier alpha value is -0.610. The summed E-state index contributed by atoms with van der Waals surface area (Å²) >= 11 is 0. The van der Waals surface area contributed by atoms with E-state index in [0.717, 1.165) is 45.1 Å². The minimum Gasteiger partial charge on any atom is -0.480 e. The molecule has 1 aliphatic carbocycles. The minimum atomic E-state index is -0.691. The van der Waals surface area contributed by atoms with Crippen molar-refractivity contribution >= 4 is 5.97 Å². The lowest BCUT2D eigenvalue weighted by atomic mass is 9.77. The molecule has 4 heteroatoms. The van der Waals surface area contributed by atoms with E-state index in [2.05, 4.69) is 4.90 Å². The van der Waals surface area contributed by atoms with Crippen LogP contribution in [0.1, 0.15) is 64.7 Å². The summed E-state index contributed by atoms with van der Waals surface area (Å²) in [6.45, 7) is 2.93. The predicted octanol–water partition coefficient (Wildman–Crippen LogP) is 2.65. The lowest BCUT2D eigenvalue weighted by Gasteiger charge is -2.46. The molecule has 4 atom stereocenters. The number of piperidine rings is 1. The van der Waals surface area contributed by atoms with Crippen LogP contribution in [0.15, 0.2) is 0 Å². The van der Waals surface area contributed by atoms with E-state index in [1.54, 1.807) is 0 Å². The number of hydrogen-bond donors (Lipinski definition) is 2. The normalized spacial score (nSPS) is 33.8.